The van der Waals surface area contributed by atoms with Gasteiger partial charge < -0.3 is 5.11 Å². The first-order valence-corrected chi connectivity index (χ1v) is 7.13. The third-order valence-corrected chi connectivity index (χ3v) is 4.38. The van der Waals surface area contributed by atoms with Crippen LogP contribution in [0.1, 0.15) is 39.7 Å². The van der Waals surface area contributed by atoms with Gasteiger partial charge in [0.25, 0.3) is 0 Å². The number of phenols is 1. The predicted molar refractivity (Wildman–Crippen MR) is 81.3 cm³/mol. The lowest BCUT2D eigenvalue weighted by molar-refractivity contribution is 0.366. The van der Waals surface area contributed by atoms with Crippen molar-refractivity contribution in [2.75, 3.05) is 0 Å². The van der Waals surface area contributed by atoms with Crippen molar-refractivity contribution < 1.29 is 5.11 Å². The third-order valence-electron chi connectivity index (χ3n) is 4.38. The molecule has 0 heterocycles. The van der Waals surface area contributed by atoms with Gasteiger partial charge in [0.1, 0.15) is 5.75 Å². The molecule has 19 heavy (non-hydrogen) atoms. The van der Waals surface area contributed by atoms with Gasteiger partial charge in [-0.05, 0) is 36.0 Å². The summed E-state index contributed by atoms with van der Waals surface area (Å²) < 4.78 is 0. The van der Waals surface area contributed by atoms with Crippen molar-refractivity contribution in [2.24, 2.45) is 11.8 Å². The summed E-state index contributed by atoms with van der Waals surface area (Å²) in [5.41, 5.74) is 2.86. The van der Waals surface area contributed by atoms with E-state index in [1.165, 1.54) is 11.1 Å². The third kappa shape index (κ3) is 2.60. The Hall–Kier alpha value is -1.50. The molecule has 1 aliphatic rings. The fourth-order valence-corrected chi connectivity index (χ4v) is 2.90. The standard InChI is InChI=1S/C18H24O/c1-13(2)15-6-5-11-18(12-15,14(3)4)16-7-9-17(19)10-8-16/h5-11,13-14,19H,12H2,1-4H3. The van der Waals surface area contributed by atoms with Gasteiger partial charge >= 0.3 is 0 Å². The van der Waals surface area contributed by atoms with E-state index in [1.807, 2.05) is 0 Å². The highest BCUT2D eigenvalue weighted by Crippen LogP contribution is 2.43. The number of rotatable bonds is 3. The summed E-state index contributed by atoms with van der Waals surface area (Å²) in [4.78, 5) is 0. The number of phenolic OH excluding ortho intramolecular Hbond substituents is 1. The Labute approximate surface area is 116 Å². The van der Waals surface area contributed by atoms with E-state index in [0.717, 1.165) is 6.42 Å². The van der Waals surface area contributed by atoms with Gasteiger partial charge in [0.15, 0.2) is 0 Å². The first-order chi connectivity index (χ1) is 8.95. The largest absolute Gasteiger partial charge is 0.508 e. The first kappa shape index (κ1) is 13.9. The molecule has 1 aliphatic carbocycles. The molecule has 102 valence electrons. The summed E-state index contributed by atoms with van der Waals surface area (Å²) >= 11 is 0. The number of allylic oxidation sites excluding steroid dienone is 4. The molecule has 1 nitrogen and oxygen atoms in total. The highest BCUT2D eigenvalue weighted by Gasteiger charge is 2.35. The lowest BCUT2D eigenvalue weighted by Gasteiger charge is -2.39. The number of aromatic hydroxyl groups is 1. The van der Waals surface area contributed by atoms with Crippen molar-refractivity contribution in [1.29, 1.82) is 0 Å². The SMILES string of the molecule is CC(C)C1=CC=CC(c2ccc(O)cc2)(C(C)C)C1. The van der Waals surface area contributed by atoms with Crippen molar-refractivity contribution in [3.8, 4) is 5.75 Å². The second-order valence-electron chi connectivity index (χ2n) is 6.17. The number of hydrogen-bond donors (Lipinski definition) is 1. The first-order valence-electron chi connectivity index (χ1n) is 7.13. The average molecular weight is 256 g/mol. The topological polar surface area (TPSA) is 20.2 Å². The lowest BCUT2D eigenvalue weighted by atomic mass is 9.65. The van der Waals surface area contributed by atoms with Crippen molar-refractivity contribution >= 4 is 0 Å². The molecule has 1 heteroatoms. The maximum atomic E-state index is 9.49. The Kier molecular flexibility index (Phi) is 3.84. The summed E-state index contributed by atoms with van der Waals surface area (Å²) in [6.07, 6.45) is 7.86. The fourth-order valence-electron chi connectivity index (χ4n) is 2.90. The molecule has 0 fully saturated rings. The molecule has 1 atom stereocenters. The van der Waals surface area contributed by atoms with Crippen LogP contribution >= 0.6 is 0 Å². The molecule has 0 radical (unpaired) electrons. The number of benzene rings is 1. The van der Waals surface area contributed by atoms with E-state index in [-0.39, 0.29) is 5.41 Å². The smallest absolute Gasteiger partial charge is 0.115 e. The van der Waals surface area contributed by atoms with Gasteiger partial charge in [-0.1, -0.05) is 63.6 Å². The summed E-state index contributed by atoms with van der Waals surface area (Å²) in [6.45, 7) is 9.07. The van der Waals surface area contributed by atoms with Crippen molar-refractivity contribution in [3.63, 3.8) is 0 Å². The van der Waals surface area contributed by atoms with Crippen LogP contribution in [-0.4, -0.2) is 5.11 Å². The van der Waals surface area contributed by atoms with Crippen LogP contribution in [-0.2, 0) is 5.41 Å². The summed E-state index contributed by atoms with van der Waals surface area (Å²) in [5.74, 6) is 1.44. The Bertz CT molecular complexity index is 491. The van der Waals surface area contributed by atoms with Gasteiger partial charge in [0.05, 0.1) is 0 Å². The van der Waals surface area contributed by atoms with Gasteiger partial charge in [-0.15, -0.1) is 0 Å². The molecule has 0 amide bonds. The number of hydrogen-bond acceptors (Lipinski definition) is 1. The van der Waals surface area contributed by atoms with Crippen LogP contribution in [0.25, 0.3) is 0 Å². The minimum atomic E-state index is 0.0576. The zero-order valence-corrected chi connectivity index (χ0v) is 12.4. The molecular weight excluding hydrogens is 232 g/mol. The van der Waals surface area contributed by atoms with E-state index in [2.05, 4.69) is 58.1 Å². The molecule has 1 aromatic carbocycles. The van der Waals surface area contributed by atoms with Crippen molar-refractivity contribution in [1.82, 2.24) is 0 Å². The van der Waals surface area contributed by atoms with Gasteiger partial charge in [-0.2, -0.15) is 0 Å². The molecule has 0 aromatic heterocycles. The zero-order valence-electron chi connectivity index (χ0n) is 12.4. The molecule has 1 aromatic rings. The monoisotopic (exact) mass is 256 g/mol. The van der Waals surface area contributed by atoms with E-state index in [9.17, 15) is 5.11 Å². The van der Waals surface area contributed by atoms with Crippen LogP contribution in [0.3, 0.4) is 0 Å². The Morgan fingerprint density at radius 1 is 1.05 bits per heavy atom. The highest BCUT2D eigenvalue weighted by molar-refractivity contribution is 5.41. The minimum absolute atomic E-state index is 0.0576. The van der Waals surface area contributed by atoms with Crippen molar-refractivity contribution in [2.45, 2.75) is 39.5 Å². The Morgan fingerprint density at radius 3 is 2.21 bits per heavy atom. The van der Waals surface area contributed by atoms with E-state index in [1.54, 1.807) is 12.1 Å². The Morgan fingerprint density at radius 2 is 1.68 bits per heavy atom. The van der Waals surface area contributed by atoms with Crippen LogP contribution in [0.2, 0.25) is 0 Å². The molecular formula is C18H24O. The molecule has 0 aliphatic heterocycles. The molecule has 1 unspecified atom stereocenters. The highest BCUT2D eigenvalue weighted by atomic mass is 16.3. The van der Waals surface area contributed by atoms with Gasteiger partial charge in [0.2, 0.25) is 0 Å². The molecule has 0 spiro atoms. The van der Waals surface area contributed by atoms with E-state index in [4.69, 9.17) is 0 Å². The average Bonchev–Trinajstić information content (AvgIpc) is 2.39. The quantitative estimate of drug-likeness (QED) is 0.821. The fraction of sp³-hybridized carbons (Fsp3) is 0.444. The zero-order chi connectivity index (χ0) is 14.0. The summed E-state index contributed by atoms with van der Waals surface area (Å²) in [7, 11) is 0. The van der Waals surface area contributed by atoms with Gasteiger partial charge in [0, 0.05) is 5.41 Å². The molecule has 1 N–H and O–H groups in total. The van der Waals surface area contributed by atoms with Crippen LogP contribution < -0.4 is 0 Å². The minimum Gasteiger partial charge on any atom is -0.508 e. The maximum absolute atomic E-state index is 9.49. The van der Waals surface area contributed by atoms with Crippen molar-refractivity contribution in [3.05, 3.63) is 53.6 Å². The predicted octanol–water partition coefficient (Wildman–Crippen LogP) is 4.83. The van der Waals surface area contributed by atoms with E-state index < -0.39 is 0 Å². The van der Waals surface area contributed by atoms with Crippen LogP contribution in [0, 0.1) is 11.8 Å². The Balaban J connectivity index is 2.43. The van der Waals surface area contributed by atoms with Gasteiger partial charge in [-0.25, -0.2) is 0 Å². The summed E-state index contributed by atoms with van der Waals surface area (Å²) in [6, 6.07) is 7.70. The summed E-state index contributed by atoms with van der Waals surface area (Å²) in [5, 5.41) is 9.49. The van der Waals surface area contributed by atoms with E-state index >= 15 is 0 Å². The second kappa shape index (κ2) is 5.24. The molecule has 2 rings (SSSR count). The van der Waals surface area contributed by atoms with Crippen LogP contribution in [0.5, 0.6) is 5.75 Å². The van der Waals surface area contributed by atoms with Crippen LogP contribution in [0.15, 0.2) is 48.1 Å². The maximum Gasteiger partial charge on any atom is 0.115 e. The van der Waals surface area contributed by atoms with Crippen LogP contribution in [0.4, 0.5) is 0 Å². The lowest BCUT2D eigenvalue weighted by Crippen LogP contribution is -2.32. The molecule has 0 saturated heterocycles. The van der Waals surface area contributed by atoms with Gasteiger partial charge in [-0.3, -0.25) is 0 Å². The normalized spacial score (nSPS) is 22.9. The second-order valence-corrected chi connectivity index (χ2v) is 6.17. The van der Waals surface area contributed by atoms with E-state index in [0.29, 0.717) is 17.6 Å². The molecule has 0 saturated carbocycles. The molecule has 0 bridgehead atoms.